The van der Waals surface area contributed by atoms with Crippen LogP contribution in [0.3, 0.4) is 0 Å². The molecule has 6 rings (SSSR count). The first-order valence-corrected chi connectivity index (χ1v) is 19.7. The van der Waals surface area contributed by atoms with E-state index in [-0.39, 0.29) is 40.5 Å². The molecule has 57 heavy (non-hydrogen) atoms. The van der Waals surface area contributed by atoms with Crippen LogP contribution in [0.25, 0.3) is 22.0 Å². The first kappa shape index (κ1) is 41.5. The Labute approximate surface area is 328 Å². The summed E-state index contributed by atoms with van der Waals surface area (Å²) in [6, 6.07) is 10.3. The van der Waals surface area contributed by atoms with Gasteiger partial charge in [0.15, 0.2) is 11.5 Å². The van der Waals surface area contributed by atoms with Crippen LogP contribution < -0.4 is 10.0 Å². The van der Waals surface area contributed by atoms with Crippen LogP contribution in [-0.2, 0) is 53.4 Å². The summed E-state index contributed by atoms with van der Waals surface area (Å²) in [6.45, 7) is 3.29. The summed E-state index contributed by atoms with van der Waals surface area (Å²) in [6.07, 6.45) is -5.00. The van der Waals surface area contributed by atoms with Crippen molar-refractivity contribution in [3.63, 3.8) is 0 Å². The average molecular weight is 836 g/mol. The molecule has 0 aliphatic heterocycles. The van der Waals surface area contributed by atoms with Gasteiger partial charge in [0.1, 0.15) is 29.4 Å². The van der Waals surface area contributed by atoms with Gasteiger partial charge in [-0.3, -0.25) is 18.9 Å². The number of alkyl halides is 5. The normalized spacial score (nSPS) is 15.9. The lowest BCUT2D eigenvalue weighted by Gasteiger charge is -2.23. The summed E-state index contributed by atoms with van der Waals surface area (Å²) in [5, 5.41) is 21.2. The summed E-state index contributed by atoms with van der Waals surface area (Å²) < 4.78 is 117. The molecule has 1 aliphatic rings. The maximum atomic E-state index is 15.6. The summed E-state index contributed by atoms with van der Waals surface area (Å²) in [5.41, 5.74) is -3.07. The number of aromatic nitrogens is 5. The molecule has 0 fully saturated rings. The van der Waals surface area contributed by atoms with E-state index in [0.29, 0.717) is 26.9 Å². The highest BCUT2D eigenvalue weighted by molar-refractivity contribution is 7.92. The van der Waals surface area contributed by atoms with Gasteiger partial charge in [-0.05, 0) is 74.9 Å². The first-order chi connectivity index (χ1) is 26.5. The number of nitrogens with zero attached hydrogens (tertiary/aromatic N) is 5. The predicted octanol–water partition coefficient (Wildman–Crippen LogP) is 6.91. The van der Waals surface area contributed by atoms with E-state index >= 15 is 8.78 Å². The lowest BCUT2D eigenvalue weighted by Crippen LogP contribution is -2.35. The number of halogens is 7. The first-order valence-electron chi connectivity index (χ1n) is 17.5. The number of nitrogens with one attached hydrogen (secondary N) is 2. The van der Waals surface area contributed by atoms with Gasteiger partial charge in [-0.25, -0.2) is 17.8 Å². The summed E-state index contributed by atoms with van der Waals surface area (Å²) in [4.78, 5) is 18.7. The highest BCUT2D eigenvalue weighted by Gasteiger charge is 2.55. The van der Waals surface area contributed by atoms with Crippen LogP contribution in [-0.4, -0.2) is 55.8 Å². The lowest BCUT2D eigenvalue weighted by molar-refractivity contribution is -0.142. The van der Waals surface area contributed by atoms with Crippen LogP contribution in [0.1, 0.15) is 67.1 Å². The number of sulfonamides is 1. The largest absolute Gasteiger partial charge is 0.435 e. The van der Waals surface area contributed by atoms with Crippen LogP contribution in [0.15, 0.2) is 48.5 Å². The number of hydrogen-bond acceptors (Lipinski definition) is 7. The van der Waals surface area contributed by atoms with Gasteiger partial charge in [-0.1, -0.05) is 42.6 Å². The Hall–Kier alpha value is -5.12. The van der Waals surface area contributed by atoms with E-state index in [2.05, 4.69) is 32.1 Å². The zero-order valence-electron chi connectivity index (χ0n) is 31.1. The third-order valence-electron chi connectivity index (χ3n) is 9.31. The van der Waals surface area contributed by atoms with Gasteiger partial charge in [0.25, 0.3) is 5.92 Å². The van der Waals surface area contributed by atoms with Gasteiger partial charge in [0.2, 0.25) is 15.9 Å². The number of hydrogen-bond donors (Lipinski definition) is 3. The van der Waals surface area contributed by atoms with Crippen molar-refractivity contribution < 1.29 is 44.7 Å². The minimum absolute atomic E-state index is 0.0793. The second-order valence-corrected chi connectivity index (χ2v) is 16.5. The molecular weight excluding hydrogens is 800 g/mol. The Kier molecular flexibility index (Phi) is 10.9. The fourth-order valence-corrected chi connectivity index (χ4v) is 7.70. The minimum Gasteiger partial charge on any atom is -0.378 e. The Bertz CT molecular complexity index is 2570. The molecule has 19 heteroatoms. The minimum atomic E-state index is -5.07. The van der Waals surface area contributed by atoms with Crippen molar-refractivity contribution in [3.05, 3.63) is 93.3 Å². The fraction of sp³-hybridized carbons (Fsp3) is 0.368. The van der Waals surface area contributed by atoms with Gasteiger partial charge in [-0.2, -0.15) is 32.1 Å². The van der Waals surface area contributed by atoms with Crippen LogP contribution in [0.2, 0.25) is 5.02 Å². The number of pyridine rings is 1. The second kappa shape index (κ2) is 15.0. The smallest absolute Gasteiger partial charge is 0.378 e. The van der Waals surface area contributed by atoms with E-state index < -0.39 is 81.3 Å². The van der Waals surface area contributed by atoms with Gasteiger partial charge < -0.3 is 10.4 Å². The molecular formula is C38H36ClF6N7O4S. The summed E-state index contributed by atoms with van der Waals surface area (Å²) in [7, 11) is -2.29. The number of benzene rings is 2. The van der Waals surface area contributed by atoms with Crippen molar-refractivity contribution in [2.75, 3.05) is 11.0 Å². The molecule has 5 aromatic rings. The molecule has 2 unspecified atom stereocenters. The van der Waals surface area contributed by atoms with Crippen LogP contribution in [0.4, 0.5) is 32.2 Å². The molecule has 11 nitrogen and oxygen atoms in total. The monoisotopic (exact) mass is 835 g/mol. The number of carbonyl (C=O) groups excluding carboxylic acids is 1. The zero-order chi connectivity index (χ0) is 41.8. The highest BCUT2D eigenvalue weighted by Crippen LogP contribution is 2.51. The second-order valence-electron chi connectivity index (χ2n) is 14.3. The Balaban J connectivity index is 1.53. The van der Waals surface area contributed by atoms with Gasteiger partial charge in [0.05, 0.1) is 33.9 Å². The van der Waals surface area contributed by atoms with Gasteiger partial charge in [0, 0.05) is 29.7 Å². The van der Waals surface area contributed by atoms with Crippen LogP contribution in [0.5, 0.6) is 0 Å². The maximum Gasteiger partial charge on any atom is 0.435 e. The fourth-order valence-electron chi connectivity index (χ4n) is 6.97. The number of amides is 1. The van der Waals surface area contributed by atoms with Crippen molar-refractivity contribution >= 4 is 44.3 Å². The topological polar surface area (TPSA) is 144 Å². The van der Waals surface area contributed by atoms with Crippen molar-refractivity contribution in [2.45, 2.75) is 70.3 Å². The van der Waals surface area contributed by atoms with Gasteiger partial charge >= 0.3 is 6.18 Å². The summed E-state index contributed by atoms with van der Waals surface area (Å²) >= 11 is 6.58. The molecule has 3 heterocycles. The number of aliphatic hydroxyl groups is 1. The molecule has 0 saturated heterocycles. The molecule has 2 atom stereocenters. The van der Waals surface area contributed by atoms with Crippen molar-refractivity contribution in [1.29, 1.82) is 0 Å². The molecule has 0 saturated carbocycles. The van der Waals surface area contributed by atoms with E-state index in [4.69, 9.17) is 16.6 Å². The van der Waals surface area contributed by atoms with Crippen molar-refractivity contribution in [2.24, 2.45) is 13.0 Å². The third-order valence-corrected chi connectivity index (χ3v) is 10.2. The standard InChI is InChI=1S/C38H36ClF6N7O4S/c1-6-21-18-26-33(38(43,44)45)48-52(34(26)37(21,41)42)19-29(53)47-28(17-20-8-7-9-22(40)16-20)31-24(11-10-23(46-31)14-15-36(2,3)54)25-12-13-27(39)30-32(25)51(4)49-35(30)50-57(5,55)56/h7-13,16,21,28,54H,6,17-19H2,1-5H3,(H,47,53)(H,49,50). The Morgan fingerprint density at radius 3 is 2.46 bits per heavy atom. The van der Waals surface area contributed by atoms with Crippen LogP contribution >= 0.6 is 11.6 Å². The summed E-state index contributed by atoms with van der Waals surface area (Å²) in [5.74, 6) is -1.43. The molecule has 0 radical (unpaired) electrons. The highest BCUT2D eigenvalue weighted by atomic mass is 35.5. The van der Waals surface area contributed by atoms with E-state index in [0.717, 1.165) is 6.26 Å². The lowest BCUT2D eigenvalue weighted by atomic mass is 9.93. The molecule has 0 spiro atoms. The quantitative estimate of drug-likeness (QED) is 0.103. The van der Waals surface area contributed by atoms with Gasteiger partial charge in [-0.15, -0.1) is 0 Å². The number of aryl methyl sites for hydroxylation is 1. The number of fused-ring (bicyclic) bond motifs is 2. The Morgan fingerprint density at radius 2 is 1.82 bits per heavy atom. The molecule has 2 aromatic carbocycles. The zero-order valence-corrected chi connectivity index (χ0v) is 32.6. The Morgan fingerprint density at radius 1 is 1.12 bits per heavy atom. The predicted molar refractivity (Wildman–Crippen MR) is 200 cm³/mol. The molecule has 3 N–H and O–H groups in total. The SMILES string of the molecule is CCC1Cc2c(C(F)(F)F)nn(CC(=O)NC(Cc3cccc(F)c3)c3nc(C#CC(C)(C)O)ccc3-c3ccc(Cl)c4c(NS(C)(=O)=O)nn(C)c34)c2C1(F)F. The number of carbonyl (C=O) groups is 1. The average Bonchev–Trinajstić information content (AvgIpc) is 3.71. The van der Waals surface area contributed by atoms with E-state index in [1.54, 1.807) is 18.2 Å². The molecule has 1 aliphatic carbocycles. The van der Waals surface area contributed by atoms with E-state index in [1.165, 1.54) is 62.8 Å². The maximum absolute atomic E-state index is 15.6. The number of rotatable bonds is 10. The molecule has 0 bridgehead atoms. The van der Waals surface area contributed by atoms with Crippen molar-refractivity contribution in [1.82, 2.24) is 29.9 Å². The van der Waals surface area contributed by atoms with Crippen LogP contribution in [0, 0.1) is 23.6 Å². The molecule has 1 amide bonds. The third kappa shape index (κ3) is 8.75. The molecule has 3 aromatic heterocycles. The van der Waals surface area contributed by atoms with E-state index in [1.807, 2.05) is 0 Å². The number of anilines is 1. The molecule has 302 valence electrons. The van der Waals surface area contributed by atoms with Crippen molar-refractivity contribution in [3.8, 4) is 23.0 Å². The van der Waals surface area contributed by atoms with E-state index in [9.17, 15) is 35.9 Å².